The van der Waals surface area contributed by atoms with Gasteiger partial charge in [-0.1, -0.05) is 42.5 Å². The van der Waals surface area contributed by atoms with Crippen LogP contribution in [0.1, 0.15) is 34.6 Å². The first-order valence-electron chi connectivity index (χ1n) is 8.25. The second-order valence-corrected chi connectivity index (χ2v) is 5.82. The SMILES string of the molecule is CC(NC(=O)c1cc(Nc2ccccc2C#N)ccn1)c1ccccc1. The van der Waals surface area contributed by atoms with Gasteiger partial charge in [0.15, 0.2) is 0 Å². The van der Waals surface area contributed by atoms with Gasteiger partial charge in [-0.25, -0.2) is 0 Å². The predicted molar refractivity (Wildman–Crippen MR) is 101 cm³/mol. The molecule has 3 rings (SSSR count). The number of aromatic nitrogens is 1. The lowest BCUT2D eigenvalue weighted by Crippen LogP contribution is -2.27. The lowest BCUT2D eigenvalue weighted by Gasteiger charge is -2.14. The highest BCUT2D eigenvalue weighted by molar-refractivity contribution is 5.93. The molecule has 5 nitrogen and oxygen atoms in total. The van der Waals surface area contributed by atoms with Crippen LogP contribution in [0.5, 0.6) is 0 Å². The summed E-state index contributed by atoms with van der Waals surface area (Å²) in [7, 11) is 0. The van der Waals surface area contributed by atoms with Crippen molar-refractivity contribution in [2.75, 3.05) is 5.32 Å². The minimum Gasteiger partial charge on any atom is -0.354 e. The zero-order valence-electron chi connectivity index (χ0n) is 14.3. The number of carbonyl (C=O) groups excluding carboxylic acids is 1. The van der Waals surface area contributed by atoms with E-state index in [0.717, 1.165) is 5.56 Å². The third kappa shape index (κ3) is 4.05. The fraction of sp³-hybridized carbons (Fsp3) is 0.0952. The maximum Gasteiger partial charge on any atom is 0.270 e. The Hall–Kier alpha value is -3.65. The topological polar surface area (TPSA) is 77.8 Å². The first-order valence-corrected chi connectivity index (χ1v) is 8.25. The molecule has 5 heteroatoms. The van der Waals surface area contributed by atoms with Gasteiger partial charge in [-0.3, -0.25) is 9.78 Å². The molecular weight excluding hydrogens is 324 g/mol. The smallest absolute Gasteiger partial charge is 0.270 e. The molecule has 0 aliphatic rings. The summed E-state index contributed by atoms with van der Waals surface area (Å²) in [6.07, 6.45) is 1.57. The number of anilines is 2. The monoisotopic (exact) mass is 342 g/mol. The van der Waals surface area contributed by atoms with E-state index in [9.17, 15) is 10.1 Å². The van der Waals surface area contributed by atoms with E-state index in [2.05, 4.69) is 21.7 Å². The van der Waals surface area contributed by atoms with Crippen molar-refractivity contribution >= 4 is 17.3 Å². The van der Waals surface area contributed by atoms with Gasteiger partial charge in [-0.05, 0) is 36.8 Å². The zero-order valence-corrected chi connectivity index (χ0v) is 14.3. The zero-order chi connectivity index (χ0) is 18.4. The number of hydrogen-bond acceptors (Lipinski definition) is 4. The van der Waals surface area contributed by atoms with Crippen LogP contribution in [0, 0.1) is 11.3 Å². The molecular formula is C21H18N4O. The number of benzene rings is 2. The molecule has 3 aromatic rings. The Morgan fingerprint density at radius 1 is 1.08 bits per heavy atom. The van der Waals surface area contributed by atoms with Crippen molar-refractivity contribution in [1.82, 2.24) is 10.3 Å². The van der Waals surface area contributed by atoms with Crippen molar-refractivity contribution in [2.24, 2.45) is 0 Å². The quantitative estimate of drug-likeness (QED) is 0.729. The lowest BCUT2D eigenvalue weighted by atomic mass is 10.1. The minimum absolute atomic E-state index is 0.124. The number of nitrogens with one attached hydrogen (secondary N) is 2. The van der Waals surface area contributed by atoms with E-state index in [1.54, 1.807) is 30.5 Å². The summed E-state index contributed by atoms with van der Waals surface area (Å²) in [5.74, 6) is -0.251. The van der Waals surface area contributed by atoms with Crippen molar-refractivity contribution in [1.29, 1.82) is 5.26 Å². The van der Waals surface area contributed by atoms with Gasteiger partial charge in [0.05, 0.1) is 17.3 Å². The maximum atomic E-state index is 12.5. The fourth-order valence-electron chi connectivity index (χ4n) is 2.57. The van der Waals surface area contributed by atoms with E-state index >= 15 is 0 Å². The number of nitrogens with zero attached hydrogens (tertiary/aromatic N) is 2. The summed E-state index contributed by atoms with van der Waals surface area (Å²) in [6.45, 7) is 1.93. The van der Waals surface area contributed by atoms with E-state index < -0.39 is 0 Å². The van der Waals surface area contributed by atoms with Crippen LogP contribution in [0.2, 0.25) is 0 Å². The second kappa shape index (κ2) is 7.95. The Morgan fingerprint density at radius 3 is 2.58 bits per heavy atom. The van der Waals surface area contributed by atoms with Gasteiger partial charge in [0.25, 0.3) is 5.91 Å². The molecule has 0 aliphatic heterocycles. The van der Waals surface area contributed by atoms with Crippen LogP contribution in [-0.2, 0) is 0 Å². The second-order valence-electron chi connectivity index (χ2n) is 5.82. The molecule has 1 heterocycles. The van der Waals surface area contributed by atoms with Crippen LogP contribution in [-0.4, -0.2) is 10.9 Å². The molecule has 26 heavy (non-hydrogen) atoms. The lowest BCUT2D eigenvalue weighted by molar-refractivity contribution is 0.0935. The minimum atomic E-state index is -0.251. The molecule has 1 unspecified atom stereocenters. The van der Waals surface area contributed by atoms with Crippen LogP contribution in [0.4, 0.5) is 11.4 Å². The average molecular weight is 342 g/mol. The van der Waals surface area contributed by atoms with E-state index in [1.807, 2.05) is 49.4 Å². The number of rotatable bonds is 5. The Morgan fingerprint density at radius 2 is 1.81 bits per heavy atom. The summed E-state index contributed by atoms with van der Waals surface area (Å²) in [6, 6.07) is 22.4. The summed E-state index contributed by atoms with van der Waals surface area (Å²) < 4.78 is 0. The molecule has 0 saturated carbocycles. The summed E-state index contributed by atoms with van der Waals surface area (Å²) in [5.41, 5.74) is 3.25. The van der Waals surface area contributed by atoms with Crippen LogP contribution in [0.15, 0.2) is 72.9 Å². The number of pyridine rings is 1. The van der Waals surface area contributed by atoms with E-state index in [0.29, 0.717) is 22.6 Å². The molecule has 0 spiro atoms. The Labute approximate surface area is 152 Å². The largest absolute Gasteiger partial charge is 0.354 e. The molecule has 2 N–H and O–H groups in total. The number of hydrogen-bond donors (Lipinski definition) is 2. The molecule has 0 fully saturated rings. The van der Waals surface area contributed by atoms with Crippen molar-refractivity contribution < 1.29 is 4.79 Å². The van der Waals surface area contributed by atoms with Gasteiger partial charge in [0.2, 0.25) is 0 Å². The van der Waals surface area contributed by atoms with Crippen LogP contribution in [0.25, 0.3) is 0 Å². The van der Waals surface area contributed by atoms with Gasteiger partial charge >= 0.3 is 0 Å². The highest BCUT2D eigenvalue weighted by Crippen LogP contribution is 2.20. The first kappa shape index (κ1) is 17.2. The molecule has 0 bridgehead atoms. The maximum absolute atomic E-state index is 12.5. The van der Waals surface area contributed by atoms with Crippen LogP contribution >= 0.6 is 0 Å². The Kier molecular flexibility index (Phi) is 5.25. The molecule has 1 aromatic heterocycles. The Bertz CT molecular complexity index is 947. The standard InChI is InChI=1S/C21H18N4O/c1-15(16-7-3-2-4-8-16)24-21(26)20-13-18(11-12-23-20)25-19-10-6-5-9-17(19)14-22/h2-13,15H,1H3,(H,23,25)(H,24,26). The van der Waals surface area contributed by atoms with E-state index in [4.69, 9.17) is 0 Å². The first-order chi connectivity index (χ1) is 12.7. The summed E-state index contributed by atoms with van der Waals surface area (Å²) in [4.78, 5) is 16.7. The number of amides is 1. The molecule has 1 amide bonds. The number of nitriles is 1. The summed E-state index contributed by atoms with van der Waals surface area (Å²) >= 11 is 0. The summed E-state index contributed by atoms with van der Waals surface area (Å²) in [5, 5.41) is 15.3. The third-order valence-corrected chi connectivity index (χ3v) is 3.97. The third-order valence-electron chi connectivity index (χ3n) is 3.97. The molecule has 2 aromatic carbocycles. The molecule has 0 aliphatic carbocycles. The highest BCUT2D eigenvalue weighted by atomic mass is 16.1. The van der Waals surface area contributed by atoms with Crippen molar-refractivity contribution in [2.45, 2.75) is 13.0 Å². The van der Waals surface area contributed by atoms with E-state index in [1.165, 1.54) is 0 Å². The van der Waals surface area contributed by atoms with Gasteiger partial charge in [-0.2, -0.15) is 5.26 Å². The van der Waals surface area contributed by atoms with Crippen LogP contribution < -0.4 is 10.6 Å². The molecule has 0 radical (unpaired) electrons. The van der Waals surface area contributed by atoms with Crippen molar-refractivity contribution in [3.05, 3.63) is 89.7 Å². The average Bonchev–Trinajstić information content (AvgIpc) is 2.69. The Balaban J connectivity index is 1.74. The molecule has 0 saturated heterocycles. The fourth-order valence-corrected chi connectivity index (χ4v) is 2.57. The molecule has 1 atom stereocenters. The van der Waals surface area contributed by atoms with Crippen molar-refractivity contribution in [3.63, 3.8) is 0 Å². The van der Waals surface area contributed by atoms with E-state index in [-0.39, 0.29) is 11.9 Å². The van der Waals surface area contributed by atoms with Gasteiger partial charge < -0.3 is 10.6 Å². The van der Waals surface area contributed by atoms with Gasteiger partial charge in [0.1, 0.15) is 11.8 Å². The van der Waals surface area contributed by atoms with Crippen LogP contribution in [0.3, 0.4) is 0 Å². The normalized spacial score (nSPS) is 11.2. The number of carbonyl (C=O) groups is 1. The number of para-hydroxylation sites is 1. The van der Waals surface area contributed by atoms with Gasteiger partial charge in [0, 0.05) is 11.9 Å². The highest BCUT2D eigenvalue weighted by Gasteiger charge is 2.13. The van der Waals surface area contributed by atoms with Crippen molar-refractivity contribution in [3.8, 4) is 6.07 Å². The predicted octanol–water partition coefficient (Wildman–Crippen LogP) is 4.19. The van der Waals surface area contributed by atoms with Gasteiger partial charge in [-0.15, -0.1) is 0 Å². The molecule has 128 valence electrons.